The Morgan fingerprint density at radius 1 is 0.704 bits per heavy atom. The molecule has 0 aliphatic carbocycles. The number of rotatable bonds is 19. The smallest absolute Gasteiger partial charge is 0.748 e. The van der Waals surface area contributed by atoms with Gasteiger partial charge < -0.3 is 9.66 Å². The summed E-state index contributed by atoms with van der Waals surface area (Å²) >= 11 is 0. The zero-order valence-corrected chi connectivity index (χ0v) is 22.2. The summed E-state index contributed by atoms with van der Waals surface area (Å²) in [5.41, 5.74) is 0. The standard InChI is InChI=1S/C21H44O4S.K/c1-3-4-5-6-7-8-9-10-11-12-13-14-15-18-21(22)19-16-17-20(2)26(23,24)25;/h20-22H,3-19H2,1-2H3,(H,23,24,25);/q;+1/p-1. The van der Waals surface area contributed by atoms with E-state index in [9.17, 15) is 18.1 Å². The Morgan fingerprint density at radius 3 is 1.48 bits per heavy atom. The van der Waals surface area contributed by atoms with Gasteiger partial charge in [0.2, 0.25) is 0 Å². The van der Waals surface area contributed by atoms with E-state index in [0.29, 0.717) is 19.3 Å². The Bertz CT molecular complexity index is 401. The summed E-state index contributed by atoms with van der Waals surface area (Å²) in [5.74, 6) is 0. The first-order valence-corrected chi connectivity index (χ1v) is 12.5. The fourth-order valence-electron chi connectivity index (χ4n) is 3.33. The van der Waals surface area contributed by atoms with Crippen molar-refractivity contribution in [2.75, 3.05) is 0 Å². The van der Waals surface area contributed by atoms with Gasteiger partial charge in [-0.05, 0) is 32.6 Å². The monoisotopic (exact) mass is 430 g/mol. The van der Waals surface area contributed by atoms with Crippen molar-refractivity contribution in [1.82, 2.24) is 0 Å². The molecule has 0 saturated heterocycles. The molecule has 4 nitrogen and oxygen atoms in total. The summed E-state index contributed by atoms with van der Waals surface area (Å²) in [6.07, 6.45) is 19.1. The molecule has 6 heteroatoms. The van der Waals surface area contributed by atoms with Crippen LogP contribution in [0.5, 0.6) is 0 Å². The maximum Gasteiger partial charge on any atom is 1.00 e. The van der Waals surface area contributed by atoms with Crippen molar-refractivity contribution in [3.63, 3.8) is 0 Å². The predicted octanol–water partition coefficient (Wildman–Crippen LogP) is 2.94. The second-order valence-corrected chi connectivity index (χ2v) is 9.71. The zero-order chi connectivity index (χ0) is 19.7. The maximum absolute atomic E-state index is 10.8. The molecule has 158 valence electrons. The number of hydrogen-bond acceptors (Lipinski definition) is 4. The average Bonchev–Trinajstić information content (AvgIpc) is 2.58. The van der Waals surface area contributed by atoms with Gasteiger partial charge in [0.1, 0.15) is 0 Å². The van der Waals surface area contributed by atoms with Crippen LogP contribution in [0.15, 0.2) is 0 Å². The molecule has 0 aromatic carbocycles. The van der Waals surface area contributed by atoms with Crippen molar-refractivity contribution in [1.29, 1.82) is 0 Å². The molecule has 0 aliphatic heterocycles. The summed E-state index contributed by atoms with van der Waals surface area (Å²) < 4.78 is 32.4. The van der Waals surface area contributed by atoms with Gasteiger partial charge in [-0.2, -0.15) is 0 Å². The molecule has 0 radical (unpaired) electrons. The molecule has 1 N–H and O–H groups in total. The summed E-state index contributed by atoms with van der Waals surface area (Å²) in [6, 6.07) is 0. The number of aliphatic hydroxyl groups excluding tert-OH is 1. The minimum absolute atomic E-state index is 0. The van der Waals surface area contributed by atoms with Crippen molar-refractivity contribution in [3.05, 3.63) is 0 Å². The molecule has 0 saturated carbocycles. The van der Waals surface area contributed by atoms with E-state index < -0.39 is 15.4 Å². The van der Waals surface area contributed by atoms with E-state index in [2.05, 4.69) is 6.92 Å². The van der Waals surface area contributed by atoms with Gasteiger partial charge >= 0.3 is 51.4 Å². The van der Waals surface area contributed by atoms with Crippen molar-refractivity contribution in [2.45, 2.75) is 134 Å². The van der Waals surface area contributed by atoms with Crippen LogP contribution >= 0.6 is 0 Å². The van der Waals surface area contributed by atoms with E-state index in [4.69, 9.17) is 0 Å². The van der Waals surface area contributed by atoms with Crippen molar-refractivity contribution in [3.8, 4) is 0 Å². The van der Waals surface area contributed by atoms with Crippen molar-refractivity contribution >= 4 is 10.1 Å². The molecular weight excluding hydrogens is 387 g/mol. The molecule has 0 rings (SSSR count). The van der Waals surface area contributed by atoms with Gasteiger partial charge in [0.25, 0.3) is 0 Å². The van der Waals surface area contributed by atoms with Crippen LogP contribution in [0.4, 0.5) is 0 Å². The summed E-state index contributed by atoms with van der Waals surface area (Å²) in [4.78, 5) is 0. The molecule has 0 spiro atoms. The third kappa shape index (κ3) is 22.0. The Labute approximate surface area is 211 Å². The first-order valence-electron chi connectivity index (χ1n) is 11.0. The summed E-state index contributed by atoms with van der Waals surface area (Å²) in [7, 11) is -4.17. The third-order valence-electron chi connectivity index (χ3n) is 5.28. The van der Waals surface area contributed by atoms with Crippen LogP contribution in [0.2, 0.25) is 0 Å². The van der Waals surface area contributed by atoms with E-state index in [1.54, 1.807) is 0 Å². The maximum atomic E-state index is 10.8. The first-order chi connectivity index (χ1) is 12.4. The van der Waals surface area contributed by atoms with E-state index >= 15 is 0 Å². The molecule has 0 heterocycles. The quantitative estimate of drug-likeness (QED) is 0.194. The summed E-state index contributed by atoms with van der Waals surface area (Å²) in [6.45, 7) is 3.70. The van der Waals surface area contributed by atoms with E-state index in [-0.39, 0.29) is 57.5 Å². The van der Waals surface area contributed by atoms with E-state index in [0.717, 1.165) is 12.8 Å². The number of aliphatic hydroxyl groups is 1. The molecule has 0 aliphatic rings. The van der Waals surface area contributed by atoms with Crippen LogP contribution in [-0.2, 0) is 10.1 Å². The van der Waals surface area contributed by atoms with Crippen LogP contribution < -0.4 is 51.4 Å². The van der Waals surface area contributed by atoms with Gasteiger partial charge in [-0.1, -0.05) is 90.4 Å². The molecule has 0 bridgehead atoms. The van der Waals surface area contributed by atoms with Crippen LogP contribution in [0, 0.1) is 0 Å². The summed E-state index contributed by atoms with van der Waals surface area (Å²) in [5, 5.41) is 9.07. The van der Waals surface area contributed by atoms with Gasteiger partial charge in [0.05, 0.1) is 16.2 Å². The third-order valence-corrected chi connectivity index (χ3v) is 6.50. The van der Waals surface area contributed by atoms with E-state index in [1.165, 1.54) is 84.0 Å². The Kier molecular flexibility index (Phi) is 23.6. The fraction of sp³-hybridized carbons (Fsp3) is 1.00. The molecule has 27 heavy (non-hydrogen) atoms. The van der Waals surface area contributed by atoms with E-state index in [1.807, 2.05) is 0 Å². The second kappa shape index (κ2) is 20.8. The van der Waals surface area contributed by atoms with Gasteiger partial charge in [-0.3, -0.25) is 0 Å². The molecular formula is C21H43KO4S. The van der Waals surface area contributed by atoms with Crippen LogP contribution in [0.1, 0.15) is 123 Å². The molecule has 0 amide bonds. The van der Waals surface area contributed by atoms with Gasteiger partial charge in [0, 0.05) is 5.25 Å². The number of unbranched alkanes of at least 4 members (excludes halogenated alkanes) is 12. The molecule has 0 aromatic heterocycles. The topological polar surface area (TPSA) is 77.4 Å². The molecule has 0 fully saturated rings. The van der Waals surface area contributed by atoms with Crippen LogP contribution in [-0.4, -0.2) is 29.4 Å². The van der Waals surface area contributed by atoms with Crippen molar-refractivity contribution in [2.24, 2.45) is 0 Å². The Balaban J connectivity index is 0. The van der Waals surface area contributed by atoms with Crippen molar-refractivity contribution < 1.29 is 69.5 Å². The van der Waals surface area contributed by atoms with Crippen LogP contribution in [0.25, 0.3) is 0 Å². The second-order valence-electron chi connectivity index (χ2n) is 7.92. The Morgan fingerprint density at radius 2 is 1.07 bits per heavy atom. The van der Waals surface area contributed by atoms with Gasteiger partial charge in [0.15, 0.2) is 0 Å². The van der Waals surface area contributed by atoms with Gasteiger partial charge in [-0.15, -0.1) is 0 Å². The SMILES string of the molecule is CCCCCCCCCCCCCCCC(O)CCCC(C)S(=O)(=O)[O-].[K+]. The first kappa shape index (κ1) is 30.7. The number of hydrogen-bond donors (Lipinski definition) is 1. The van der Waals surface area contributed by atoms with Crippen LogP contribution in [0.3, 0.4) is 0 Å². The molecule has 2 unspecified atom stereocenters. The van der Waals surface area contributed by atoms with Gasteiger partial charge in [-0.25, -0.2) is 8.42 Å². The largest absolute Gasteiger partial charge is 1.00 e. The fourth-order valence-corrected chi connectivity index (χ4v) is 3.78. The normalized spacial score (nSPS) is 13.9. The molecule has 0 aromatic rings. The Hall–Kier alpha value is 1.51. The average molecular weight is 431 g/mol. The minimum Gasteiger partial charge on any atom is -0.748 e. The zero-order valence-electron chi connectivity index (χ0n) is 18.3. The molecule has 2 atom stereocenters. The minimum atomic E-state index is -4.17. The predicted molar refractivity (Wildman–Crippen MR) is 109 cm³/mol.